The van der Waals surface area contributed by atoms with Gasteiger partial charge >= 0.3 is 0 Å². The second-order valence-corrected chi connectivity index (χ2v) is 4.37. The zero-order chi connectivity index (χ0) is 10.7. The highest BCUT2D eigenvalue weighted by Crippen LogP contribution is 2.30. The molecule has 2 nitrogen and oxygen atoms in total. The molecule has 5 heteroatoms. The minimum atomic E-state index is -0.729. The molecular weight excluding hydrogens is 289 g/mol. The predicted octanol–water partition coefficient (Wildman–Crippen LogP) is 3.13. The summed E-state index contributed by atoms with van der Waals surface area (Å²) in [5.74, 6) is -0.255. The molecule has 0 heterocycles. The number of amides is 1. The highest BCUT2D eigenvalue weighted by molar-refractivity contribution is 9.10. The van der Waals surface area contributed by atoms with Crippen molar-refractivity contribution in [3.05, 3.63) is 33.3 Å². The van der Waals surface area contributed by atoms with Crippen molar-refractivity contribution < 1.29 is 4.79 Å². The van der Waals surface area contributed by atoms with Crippen molar-refractivity contribution in [2.75, 3.05) is 7.05 Å². The van der Waals surface area contributed by atoms with Gasteiger partial charge < -0.3 is 5.32 Å². The van der Waals surface area contributed by atoms with Gasteiger partial charge in [-0.3, -0.25) is 4.79 Å². The standard InChI is InChI=1S/C9H8BrCl2NO/c1-13-9(14)8(12)6-4-5(11)2-3-7(6)10/h2-4,8H,1H3,(H,13,14). The molecule has 1 unspecified atom stereocenters. The summed E-state index contributed by atoms with van der Waals surface area (Å²) in [6.07, 6.45) is 0. The largest absolute Gasteiger partial charge is 0.358 e. The lowest BCUT2D eigenvalue weighted by molar-refractivity contribution is -0.120. The summed E-state index contributed by atoms with van der Waals surface area (Å²) in [5, 5.41) is 2.30. The Kier molecular flexibility index (Phi) is 4.23. The fraction of sp³-hybridized carbons (Fsp3) is 0.222. The molecule has 14 heavy (non-hydrogen) atoms. The zero-order valence-electron chi connectivity index (χ0n) is 7.35. The molecule has 0 aliphatic carbocycles. The van der Waals surface area contributed by atoms with Crippen LogP contribution in [0.3, 0.4) is 0 Å². The van der Waals surface area contributed by atoms with Gasteiger partial charge in [-0.15, -0.1) is 11.6 Å². The Balaban J connectivity index is 3.05. The highest BCUT2D eigenvalue weighted by Gasteiger charge is 2.18. The lowest BCUT2D eigenvalue weighted by Gasteiger charge is -2.10. The van der Waals surface area contributed by atoms with E-state index in [9.17, 15) is 4.79 Å². The van der Waals surface area contributed by atoms with Crippen molar-refractivity contribution in [3.8, 4) is 0 Å². The van der Waals surface area contributed by atoms with Crippen LogP contribution >= 0.6 is 39.1 Å². The Morgan fingerprint density at radius 1 is 1.57 bits per heavy atom. The lowest BCUT2D eigenvalue weighted by atomic mass is 10.1. The molecule has 0 aliphatic rings. The third-order valence-electron chi connectivity index (χ3n) is 1.71. The normalized spacial score (nSPS) is 12.3. The third kappa shape index (κ3) is 2.62. The summed E-state index contributed by atoms with van der Waals surface area (Å²) in [4.78, 5) is 11.3. The molecule has 0 saturated carbocycles. The quantitative estimate of drug-likeness (QED) is 0.835. The number of benzene rings is 1. The number of halogens is 3. The first-order valence-corrected chi connectivity index (χ1v) is 5.47. The molecule has 76 valence electrons. The predicted molar refractivity (Wildman–Crippen MR) is 61.8 cm³/mol. The Morgan fingerprint density at radius 3 is 2.79 bits per heavy atom. The van der Waals surface area contributed by atoms with Gasteiger partial charge in [-0.1, -0.05) is 27.5 Å². The van der Waals surface area contributed by atoms with E-state index in [1.807, 2.05) is 0 Å². The molecule has 1 N–H and O–H groups in total. The topological polar surface area (TPSA) is 29.1 Å². The molecule has 0 fully saturated rings. The lowest BCUT2D eigenvalue weighted by Crippen LogP contribution is -2.22. The molecule has 1 rings (SSSR count). The van der Waals surface area contributed by atoms with Gasteiger partial charge in [0.15, 0.2) is 0 Å². The molecule has 1 amide bonds. The number of likely N-dealkylation sites (N-methyl/N-ethyl adjacent to an activating group) is 1. The van der Waals surface area contributed by atoms with Crippen LogP contribution in [0.4, 0.5) is 0 Å². The number of hydrogen-bond donors (Lipinski definition) is 1. The fourth-order valence-electron chi connectivity index (χ4n) is 0.977. The molecular formula is C9H8BrCl2NO. The van der Waals surface area contributed by atoms with Crippen molar-refractivity contribution >= 4 is 45.0 Å². The molecule has 1 atom stereocenters. The first-order valence-electron chi connectivity index (χ1n) is 3.87. The van der Waals surface area contributed by atoms with Crippen molar-refractivity contribution in [1.29, 1.82) is 0 Å². The zero-order valence-corrected chi connectivity index (χ0v) is 10.4. The van der Waals surface area contributed by atoms with Crippen LogP contribution in [0.15, 0.2) is 22.7 Å². The van der Waals surface area contributed by atoms with E-state index in [0.29, 0.717) is 10.6 Å². The van der Waals surface area contributed by atoms with E-state index in [4.69, 9.17) is 23.2 Å². The smallest absolute Gasteiger partial charge is 0.242 e. The average molecular weight is 297 g/mol. The molecule has 1 aromatic rings. The maximum absolute atomic E-state index is 11.3. The van der Waals surface area contributed by atoms with Gasteiger partial charge in [0.2, 0.25) is 5.91 Å². The van der Waals surface area contributed by atoms with Crippen LogP contribution in [-0.2, 0) is 4.79 Å². The second kappa shape index (κ2) is 5.01. The monoisotopic (exact) mass is 295 g/mol. The van der Waals surface area contributed by atoms with Gasteiger partial charge in [-0.05, 0) is 23.8 Å². The number of carbonyl (C=O) groups excluding carboxylic acids is 1. The number of alkyl halides is 1. The maximum atomic E-state index is 11.3. The van der Waals surface area contributed by atoms with Gasteiger partial charge in [0.25, 0.3) is 0 Å². The molecule has 0 radical (unpaired) electrons. The van der Waals surface area contributed by atoms with E-state index < -0.39 is 5.38 Å². The fourth-order valence-corrected chi connectivity index (χ4v) is 2.05. The van der Waals surface area contributed by atoms with Gasteiger partial charge in [0, 0.05) is 16.5 Å². The third-order valence-corrected chi connectivity index (χ3v) is 3.10. The van der Waals surface area contributed by atoms with E-state index in [1.54, 1.807) is 18.2 Å². The van der Waals surface area contributed by atoms with E-state index >= 15 is 0 Å². The van der Waals surface area contributed by atoms with Gasteiger partial charge in [-0.25, -0.2) is 0 Å². The van der Waals surface area contributed by atoms with Gasteiger partial charge in [-0.2, -0.15) is 0 Å². The Hall–Kier alpha value is -0.250. The summed E-state index contributed by atoms with van der Waals surface area (Å²) < 4.78 is 0.769. The molecule has 0 aliphatic heterocycles. The van der Waals surface area contributed by atoms with Crippen molar-refractivity contribution in [1.82, 2.24) is 5.32 Å². The SMILES string of the molecule is CNC(=O)C(Cl)c1cc(Cl)ccc1Br. The first kappa shape index (κ1) is 11.8. The Morgan fingerprint density at radius 2 is 2.21 bits per heavy atom. The van der Waals surface area contributed by atoms with Gasteiger partial charge in [0.05, 0.1) is 0 Å². The molecule has 0 saturated heterocycles. The minimum Gasteiger partial charge on any atom is -0.358 e. The van der Waals surface area contributed by atoms with Crippen LogP contribution in [0.5, 0.6) is 0 Å². The second-order valence-electron chi connectivity index (χ2n) is 2.64. The minimum absolute atomic E-state index is 0.255. The highest BCUT2D eigenvalue weighted by atomic mass is 79.9. The van der Waals surface area contributed by atoms with Crippen molar-refractivity contribution in [2.45, 2.75) is 5.38 Å². The van der Waals surface area contributed by atoms with Crippen LogP contribution in [-0.4, -0.2) is 13.0 Å². The molecule has 0 bridgehead atoms. The Bertz CT molecular complexity index is 357. The van der Waals surface area contributed by atoms with E-state index in [0.717, 1.165) is 4.47 Å². The van der Waals surface area contributed by atoms with E-state index in [2.05, 4.69) is 21.2 Å². The number of rotatable bonds is 2. The molecule has 0 aromatic heterocycles. The van der Waals surface area contributed by atoms with Crippen molar-refractivity contribution in [3.63, 3.8) is 0 Å². The Labute approximate surface area is 101 Å². The first-order chi connectivity index (χ1) is 6.56. The van der Waals surface area contributed by atoms with Crippen LogP contribution in [0.2, 0.25) is 5.02 Å². The summed E-state index contributed by atoms with van der Waals surface area (Å²) in [5.41, 5.74) is 0.665. The summed E-state index contributed by atoms with van der Waals surface area (Å²) >= 11 is 15.0. The number of nitrogens with one attached hydrogen (secondary N) is 1. The number of carbonyl (C=O) groups is 1. The van der Waals surface area contributed by atoms with Crippen molar-refractivity contribution in [2.24, 2.45) is 0 Å². The van der Waals surface area contributed by atoms with Crippen LogP contribution in [0.25, 0.3) is 0 Å². The van der Waals surface area contributed by atoms with Crippen LogP contribution in [0.1, 0.15) is 10.9 Å². The summed E-state index contributed by atoms with van der Waals surface area (Å²) in [7, 11) is 1.54. The molecule has 1 aromatic carbocycles. The van der Waals surface area contributed by atoms with Crippen LogP contribution in [0, 0.1) is 0 Å². The van der Waals surface area contributed by atoms with Crippen LogP contribution < -0.4 is 5.32 Å². The molecule has 0 spiro atoms. The van der Waals surface area contributed by atoms with E-state index in [-0.39, 0.29) is 5.91 Å². The number of hydrogen-bond acceptors (Lipinski definition) is 1. The van der Waals surface area contributed by atoms with Gasteiger partial charge in [0.1, 0.15) is 5.38 Å². The average Bonchev–Trinajstić information content (AvgIpc) is 2.19. The maximum Gasteiger partial charge on any atom is 0.242 e. The summed E-state index contributed by atoms with van der Waals surface area (Å²) in [6.45, 7) is 0. The van der Waals surface area contributed by atoms with E-state index in [1.165, 1.54) is 7.05 Å². The summed E-state index contributed by atoms with van der Waals surface area (Å²) in [6, 6.07) is 5.15.